The van der Waals surface area contributed by atoms with Crippen LogP contribution >= 0.6 is 0 Å². The van der Waals surface area contributed by atoms with E-state index in [2.05, 4.69) is 43.6 Å². The summed E-state index contributed by atoms with van der Waals surface area (Å²) in [6, 6.07) is 6.07. The lowest BCUT2D eigenvalue weighted by atomic mass is 10.1. The van der Waals surface area contributed by atoms with E-state index in [0.717, 1.165) is 30.9 Å². The molecule has 1 N–H and O–H groups in total. The van der Waals surface area contributed by atoms with Crippen LogP contribution in [0.4, 0.5) is 0 Å². The summed E-state index contributed by atoms with van der Waals surface area (Å²) in [4.78, 5) is 2.41. The van der Waals surface area contributed by atoms with Crippen molar-refractivity contribution in [1.82, 2.24) is 4.90 Å². The first kappa shape index (κ1) is 16.6. The first-order valence-corrected chi connectivity index (χ1v) is 7.09. The van der Waals surface area contributed by atoms with Gasteiger partial charge in [-0.05, 0) is 30.2 Å². The number of aliphatic hydroxyl groups is 1. The highest BCUT2D eigenvalue weighted by molar-refractivity contribution is 5.48. The van der Waals surface area contributed by atoms with E-state index in [1.54, 1.807) is 7.11 Å². The number of nitrogens with zero attached hydrogens (tertiary/aromatic N) is 1. The van der Waals surface area contributed by atoms with Crippen LogP contribution in [-0.4, -0.2) is 36.8 Å². The topological polar surface area (TPSA) is 32.7 Å². The van der Waals surface area contributed by atoms with Crippen molar-refractivity contribution in [3.05, 3.63) is 29.3 Å². The van der Waals surface area contributed by atoms with Gasteiger partial charge in [-0.15, -0.1) is 0 Å². The summed E-state index contributed by atoms with van der Waals surface area (Å²) in [6.07, 6.45) is 0. The second-order valence-electron chi connectivity index (χ2n) is 5.22. The summed E-state index contributed by atoms with van der Waals surface area (Å²) >= 11 is 0. The molecule has 0 radical (unpaired) electrons. The van der Waals surface area contributed by atoms with Gasteiger partial charge in [0.1, 0.15) is 12.4 Å². The Morgan fingerprint density at radius 1 is 1.35 bits per heavy atom. The van der Waals surface area contributed by atoms with Crippen LogP contribution in [0.5, 0.6) is 5.75 Å². The predicted molar refractivity (Wildman–Crippen MR) is 82.7 cm³/mol. The molecule has 0 aliphatic heterocycles. The van der Waals surface area contributed by atoms with Gasteiger partial charge < -0.3 is 9.84 Å². The minimum absolute atomic E-state index is 0.137. The third-order valence-corrected chi connectivity index (χ3v) is 3.04. The Labute approximate surface area is 122 Å². The molecule has 0 aliphatic carbocycles. The molecule has 1 aromatic rings. The lowest BCUT2D eigenvalue weighted by Gasteiger charge is -2.22. The number of ether oxygens (including phenoxy) is 1. The van der Waals surface area contributed by atoms with Crippen LogP contribution in [0, 0.1) is 17.8 Å². The number of methoxy groups -OCH3 is 1. The molecule has 0 heterocycles. The van der Waals surface area contributed by atoms with Crippen molar-refractivity contribution >= 4 is 0 Å². The van der Waals surface area contributed by atoms with Gasteiger partial charge >= 0.3 is 0 Å². The zero-order chi connectivity index (χ0) is 15.0. The number of hydrogen-bond donors (Lipinski definition) is 1. The van der Waals surface area contributed by atoms with E-state index in [9.17, 15) is 0 Å². The fourth-order valence-electron chi connectivity index (χ4n) is 2.17. The zero-order valence-electron chi connectivity index (χ0n) is 12.9. The third-order valence-electron chi connectivity index (χ3n) is 3.04. The van der Waals surface area contributed by atoms with Crippen LogP contribution in [0.15, 0.2) is 18.2 Å². The van der Waals surface area contributed by atoms with Gasteiger partial charge in [0.2, 0.25) is 0 Å². The van der Waals surface area contributed by atoms with E-state index in [1.165, 1.54) is 5.56 Å². The highest BCUT2D eigenvalue weighted by Crippen LogP contribution is 2.20. The Hall–Kier alpha value is -1.50. The van der Waals surface area contributed by atoms with Crippen LogP contribution in [-0.2, 0) is 6.54 Å². The fraction of sp³-hybridized carbons (Fsp3) is 0.529. The fourth-order valence-corrected chi connectivity index (χ4v) is 2.17. The second-order valence-corrected chi connectivity index (χ2v) is 5.22. The van der Waals surface area contributed by atoms with E-state index >= 15 is 0 Å². The van der Waals surface area contributed by atoms with Gasteiger partial charge in [0.25, 0.3) is 0 Å². The maximum atomic E-state index is 8.82. The average Bonchev–Trinajstić information content (AvgIpc) is 2.44. The van der Waals surface area contributed by atoms with Crippen molar-refractivity contribution in [3.8, 4) is 17.6 Å². The van der Waals surface area contributed by atoms with Crippen LogP contribution in [0.25, 0.3) is 0 Å². The van der Waals surface area contributed by atoms with Gasteiger partial charge in [0, 0.05) is 13.1 Å². The summed E-state index contributed by atoms with van der Waals surface area (Å²) in [7, 11) is 1.64. The summed E-state index contributed by atoms with van der Waals surface area (Å²) in [5.41, 5.74) is 2.05. The first-order chi connectivity index (χ1) is 9.60. The Kier molecular flexibility index (Phi) is 7.14. The smallest absolute Gasteiger partial charge is 0.134 e. The number of aliphatic hydroxyl groups excluding tert-OH is 1. The molecule has 0 bridgehead atoms. The summed E-state index contributed by atoms with van der Waals surface area (Å²) in [6.45, 7) is 9.53. The van der Waals surface area contributed by atoms with Gasteiger partial charge in [-0.2, -0.15) is 0 Å². The Morgan fingerprint density at radius 2 is 2.10 bits per heavy atom. The zero-order valence-corrected chi connectivity index (χ0v) is 12.9. The molecule has 1 rings (SSSR count). The Bertz CT molecular complexity index is 472. The summed E-state index contributed by atoms with van der Waals surface area (Å²) in [5.74, 6) is 7.03. The maximum absolute atomic E-state index is 8.82. The number of hydrogen-bond acceptors (Lipinski definition) is 3. The first-order valence-electron chi connectivity index (χ1n) is 7.09. The minimum Gasteiger partial charge on any atom is -0.495 e. The molecular formula is C17H25NO2. The van der Waals surface area contributed by atoms with E-state index in [0.29, 0.717) is 5.92 Å². The molecular weight excluding hydrogens is 250 g/mol. The van der Waals surface area contributed by atoms with Gasteiger partial charge in [0.05, 0.1) is 12.7 Å². The molecule has 0 saturated carbocycles. The van der Waals surface area contributed by atoms with Crippen LogP contribution in [0.1, 0.15) is 31.9 Å². The molecule has 3 heteroatoms. The molecule has 0 spiro atoms. The highest BCUT2D eigenvalue weighted by atomic mass is 16.5. The third kappa shape index (κ3) is 5.24. The van der Waals surface area contributed by atoms with Gasteiger partial charge in [0.15, 0.2) is 0 Å². The van der Waals surface area contributed by atoms with Crippen molar-refractivity contribution in [2.24, 2.45) is 5.92 Å². The molecule has 0 atom stereocenters. The maximum Gasteiger partial charge on any atom is 0.134 e. The van der Waals surface area contributed by atoms with E-state index < -0.39 is 0 Å². The van der Waals surface area contributed by atoms with Crippen molar-refractivity contribution in [2.45, 2.75) is 27.3 Å². The number of rotatable bonds is 6. The molecule has 1 aromatic carbocycles. The van der Waals surface area contributed by atoms with Crippen LogP contribution in [0.2, 0.25) is 0 Å². The normalized spacial score (nSPS) is 10.6. The van der Waals surface area contributed by atoms with Crippen molar-refractivity contribution in [3.63, 3.8) is 0 Å². The lowest BCUT2D eigenvalue weighted by Crippen LogP contribution is -2.27. The number of benzene rings is 1. The van der Waals surface area contributed by atoms with Gasteiger partial charge in [-0.3, -0.25) is 4.90 Å². The van der Waals surface area contributed by atoms with Gasteiger partial charge in [-0.25, -0.2) is 0 Å². The van der Waals surface area contributed by atoms with Crippen LogP contribution in [0.3, 0.4) is 0 Å². The largest absolute Gasteiger partial charge is 0.495 e. The van der Waals surface area contributed by atoms with Gasteiger partial charge in [-0.1, -0.05) is 38.7 Å². The standard InChI is InChI=1S/C17H25NO2/c1-5-18(12-14(2)3)13-15-8-9-17(20-4)16(11-15)7-6-10-19/h8-9,11,14,19H,5,10,12-13H2,1-4H3. The van der Waals surface area contributed by atoms with E-state index in [1.807, 2.05) is 12.1 Å². The quantitative estimate of drug-likeness (QED) is 0.810. The molecule has 0 saturated heterocycles. The molecule has 0 aromatic heterocycles. The molecule has 0 unspecified atom stereocenters. The van der Waals surface area contributed by atoms with Crippen molar-refractivity contribution in [2.75, 3.05) is 26.8 Å². The lowest BCUT2D eigenvalue weighted by molar-refractivity contribution is 0.248. The molecule has 0 aliphatic rings. The minimum atomic E-state index is -0.137. The average molecular weight is 275 g/mol. The summed E-state index contributed by atoms with van der Waals surface area (Å²) < 4.78 is 5.30. The Morgan fingerprint density at radius 3 is 2.65 bits per heavy atom. The highest BCUT2D eigenvalue weighted by Gasteiger charge is 2.08. The summed E-state index contributed by atoms with van der Waals surface area (Å²) in [5, 5.41) is 8.82. The van der Waals surface area contributed by atoms with E-state index in [-0.39, 0.29) is 6.61 Å². The van der Waals surface area contributed by atoms with Crippen molar-refractivity contribution < 1.29 is 9.84 Å². The molecule has 3 nitrogen and oxygen atoms in total. The van der Waals surface area contributed by atoms with Crippen molar-refractivity contribution in [1.29, 1.82) is 0 Å². The molecule has 0 amide bonds. The Balaban J connectivity index is 2.90. The second kappa shape index (κ2) is 8.63. The molecule has 20 heavy (non-hydrogen) atoms. The van der Waals surface area contributed by atoms with Crippen LogP contribution < -0.4 is 4.74 Å². The SMILES string of the molecule is CCN(Cc1ccc(OC)c(C#CCO)c1)CC(C)C. The molecule has 0 fully saturated rings. The predicted octanol–water partition coefficient (Wildman–Crippen LogP) is 2.52. The molecule has 110 valence electrons. The monoisotopic (exact) mass is 275 g/mol. The van der Waals surface area contributed by atoms with E-state index in [4.69, 9.17) is 9.84 Å².